The Labute approximate surface area is 259 Å². The van der Waals surface area contributed by atoms with Gasteiger partial charge in [-0.05, 0) is 95.0 Å². The lowest BCUT2D eigenvalue weighted by atomic mass is 9.96. The molecule has 0 spiro atoms. The van der Waals surface area contributed by atoms with Gasteiger partial charge in [-0.25, -0.2) is 8.42 Å². The average Bonchev–Trinajstić information content (AvgIpc) is 2.98. The Kier molecular flexibility index (Phi) is 17.0. The van der Waals surface area contributed by atoms with Crippen LogP contribution in [0.1, 0.15) is 89.2 Å². The summed E-state index contributed by atoms with van der Waals surface area (Å²) in [5.74, 6) is 0.142. The first-order chi connectivity index (χ1) is 19.5. The number of methoxy groups -OCH3 is 3. The summed E-state index contributed by atoms with van der Waals surface area (Å²) < 4.78 is 43.3. The molecule has 3 rings (SSSR count). The molecule has 0 aliphatic carbocycles. The molecule has 0 amide bonds. The molecule has 9 nitrogen and oxygen atoms in total. The van der Waals surface area contributed by atoms with Gasteiger partial charge in [0.2, 0.25) is 10.0 Å². The lowest BCUT2D eigenvalue weighted by Gasteiger charge is -2.36. The normalized spacial score (nSPS) is 20.6. The van der Waals surface area contributed by atoms with Crippen LogP contribution in [-0.2, 0) is 29.1 Å². The number of carbonyl (C=O) groups is 2. The fourth-order valence-corrected chi connectivity index (χ4v) is 7.97. The molecular formula is C31H53ClN2O7S. The fraction of sp³-hybridized carbons (Fsp3) is 0.742. The first-order valence-electron chi connectivity index (χ1n) is 15.0. The quantitative estimate of drug-likeness (QED) is 0.315. The number of hydrogen-bond donors (Lipinski definition) is 1. The van der Waals surface area contributed by atoms with E-state index in [0.717, 1.165) is 38.6 Å². The number of benzene rings is 1. The summed E-state index contributed by atoms with van der Waals surface area (Å²) in [6.07, 6.45) is 9.86. The number of rotatable bonds is 11. The molecule has 2 heterocycles. The summed E-state index contributed by atoms with van der Waals surface area (Å²) in [7, 11) is 0.802. The summed E-state index contributed by atoms with van der Waals surface area (Å²) >= 11 is 0. The number of hydrogen-bond acceptors (Lipinski definition) is 8. The molecule has 42 heavy (non-hydrogen) atoms. The van der Waals surface area contributed by atoms with E-state index in [-0.39, 0.29) is 42.2 Å². The van der Waals surface area contributed by atoms with Crippen LogP contribution in [0.3, 0.4) is 0 Å². The van der Waals surface area contributed by atoms with Crippen LogP contribution in [0.5, 0.6) is 5.75 Å². The molecule has 2 fully saturated rings. The van der Waals surface area contributed by atoms with Gasteiger partial charge in [-0.15, -0.1) is 12.4 Å². The van der Waals surface area contributed by atoms with Gasteiger partial charge in [0.25, 0.3) is 0 Å². The van der Waals surface area contributed by atoms with Crippen molar-refractivity contribution in [1.82, 2.24) is 9.62 Å². The van der Waals surface area contributed by atoms with Crippen molar-refractivity contribution >= 4 is 34.4 Å². The van der Waals surface area contributed by atoms with E-state index >= 15 is 0 Å². The van der Waals surface area contributed by atoms with Crippen LogP contribution in [0.4, 0.5) is 0 Å². The second kappa shape index (κ2) is 18.7. The Hall–Kier alpha value is -1.88. The number of ether oxygens (including phenoxy) is 3. The number of aryl methyl sites for hydroxylation is 2. The maximum Gasteiger partial charge on any atom is 0.308 e. The van der Waals surface area contributed by atoms with Crippen LogP contribution in [0, 0.1) is 25.7 Å². The molecule has 0 saturated carbocycles. The van der Waals surface area contributed by atoms with Crippen molar-refractivity contribution in [2.75, 3.05) is 34.4 Å². The largest absolute Gasteiger partial charge is 0.497 e. The predicted octanol–water partition coefficient (Wildman–Crippen LogP) is 5.58. The van der Waals surface area contributed by atoms with Gasteiger partial charge >= 0.3 is 11.9 Å². The number of piperidine rings is 2. The van der Waals surface area contributed by atoms with E-state index in [1.165, 1.54) is 33.5 Å². The van der Waals surface area contributed by atoms with Crippen LogP contribution < -0.4 is 10.1 Å². The van der Waals surface area contributed by atoms with Gasteiger partial charge in [-0.2, -0.15) is 4.31 Å². The maximum absolute atomic E-state index is 13.5. The molecule has 242 valence electrons. The van der Waals surface area contributed by atoms with Crippen molar-refractivity contribution in [1.29, 1.82) is 0 Å². The third-order valence-corrected chi connectivity index (χ3v) is 10.6. The van der Waals surface area contributed by atoms with Crippen molar-refractivity contribution in [3.8, 4) is 5.75 Å². The highest BCUT2D eigenvalue weighted by Crippen LogP contribution is 2.33. The van der Waals surface area contributed by atoms with E-state index in [4.69, 9.17) is 14.2 Å². The van der Waals surface area contributed by atoms with Gasteiger partial charge in [0.1, 0.15) is 5.75 Å². The number of nitrogens with zero attached hydrogens (tertiary/aromatic N) is 1. The summed E-state index contributed by atoms with van der Waals surface area (Å²) in [6.45, 7) is 9.03. The third-order valence-electron chi connectivity index (χ3n) is 8.31. The summed E-state index contributed by atoms with van der Waals surface area (Å²) in [5, 5.41) is 3.48. The lowest BCUT2D eigenvalue weighted by molar-refractivity contribution is -0.146. The van der Waals surface area contributed by atoms with Crippen LogP contribution in [0.25, 0.3) is 0 Å². The Morgan fingerprint density at radius 1 is 0.905 bits per heavy atom. The zero-order chi connectivity index (χ0) is 30.6. The van der Waals surface area contributed by atoms with Crippen LogP contribution in [0.15, 0.2) is 17.0 Å². The number of sulfonamides is 1. The highest BCUT2D eigenvalue weighted by atomic mass is 35.5. The van der Waals surface area contributed by atoms with E-state index in [0.29, 0.717) is 47.2 Å². The van der Waals surface area contributed by atoms with Crippen molar-refractivity contribution in [3.63, 3.8) is 0 Å². The molecular weight excluding hydrogens is 580 g/mol. The Morgan fingerprint density at radius 3 is 1.95 bits per heavy atom. The molecule has 4 atom stereocenters. The topological polar surface area (TPSA) is 111 Å². The van der Waals surface area contributed by atoms with E-state index in [9.17, 15) is 18.0 Å². The predicted molar refractivity (Wildman–Crippen MR) is 168 cm³/mol. The summed E-state index contributed by atoms with van der Waals surface area (Å²) in [5.41, 5.74) is 1.39. The summed E-state index contributed by atoms with van der Waals surface area (Å²) in [6, 6.07) is 4.06. The standard InChI is InChI=1S/C20H31NO5S.C11H21NO2.ClH/c1-14(20(22)26-5)9-10-17-8-6-7-11-21(17)27(23,24)19-15(2)12-18(25-4)13-16(19)3;1-9(11(13)14-2)6-7-10-5-3-4-8-12-10;/h12-14,17H,6-11H2,1-5H3;9-10,12H,3-8H2,1-2H3;1H. The zero-order valence-corrected chi connectivity index (χ0v) is 28.2. The fourth-order valence-electron chi connectivity index (χ4n) is 5.83. The lowest BCUT2D eigenvalue weighted by Crippen LogP contribution is -2.44. The number of halogens is 1. The highest BCUT2D eigenvalue weighted by Gasteiger charge is 2.35. The van der Waals surface area contributed by atoms with Crippen molar-refractivity contribution < 1.29 is 32.2 Å². The Bertz CT molecular complexity index is 1070. The van der Waals surface area contributed by atoms with Gasteiger partial charge in [-0.3, -0.25) is 9.59 Å². The highest BCUT2D eigenvalue weighted by molar-refractivity contribution is 7.89. The SMILES string of the molecule is COC(=O)C(C)CCC1CCCCN1.COC(=O)C(C)CCC1CCCCN1S(=O)(=O)c1c(C)cc(OC)cc1C.Cl. The molecule has 1 N–H and O–H groups in total. The van der Waals surface area contributed by atoms with E-state index < -0.39 is 10.0 Å². The molecule has 2 aliphatic heterocycles. The minimum atomic E-state index is -3.61. The van der Waals surface area contributed by atoms with Crippen molar-refractivity contribution in [2.45, 2.75) is 109 Å². The molecule has 0 radical (unpaired) electrons. The van der Waals surface area contributed by atoms with Crippen molar-refractivity contribution in [2.24, 2.45) is 11.8 Å². The van der Waals surface area contributed by atoms with Gasteiger partial charge in [-0.1, -0.05) is 26.7 Å². The third kappa shape index (κ3) is 11.0. The number of nitrogens with one attached hydrogen (secondary N) is 1. The molecule has 0 aromatic heterocycles. The van der Waals surface area contributed by atoms with Crippen molar-refractivity contribution in [3.05, 3.63) is 23.3 Å². The minimum absolute atomic E-state index is 0. The Balaban J connectivity index is 0.000000497. The minimum Gasteiger partial charge on any atom is -0.497 e. The zero-order valence-electron chi connectivity index (χ0n) is 26.6. The second-order valence-corrected chi connectivity index (χ2v) is 13.3. The number of carbonyl (C=O) groups excluding carboxylic acids is 2. The first-order valence-corrected chi connectivity index (χ1v) is 16.5. The van der Waals surface area contributed by atoms with E-state index in [1.54, 1.807) is 37.4 Å². The van der Waals surface area contributed by atoms with E-state index in [2.05, 4.69) is 5.32 Å². The monoisotopic (exact) mass is 632 g/mol. The van der Waals surface area contributed by atoms with Crippen LogP contribution in [0.2, 0.25) is 0 Å². The van der Waals surface area contributed by atoms with Gasteiger partial charge in [0.05, 0.1) is 38.1 Å². The maximum atomic E-state index is 13.5. The Morgan fingerprint density at radius 2 is 1.45 bits per heavy atom. The average molecular weight is 633 g/mol. The smallest absolute Gasteiger partial charge is 0.308 e. The van der Waals surface area contributed by atoms with Gasteiger partial charge < -0.3 is 19.5 Å². The second-order valence-electron chi connectivity index (χ2n) is 11.5. The molecule has 0 bridgehead atoms. The number of esters is 2. The van der Waals surface area contributed by atoms with Crippen LogP contribution >= 0.6 is 12.4 Å². The van der Waals surface area contributed by atoms with Gasteiger partial charge in [0.15, 0.2) is 0 Å². The van der Waals surface area contributed by atoms with E-state index in [1.807, 2.05) is 13.8 Å². The molecule has 1 aromatic rings. The molecule has 1 aromatic carbocycles. The molecule has 4 unspecified atom stereocenters. The molecule has 11 heteroatoms. The molecule has 2 saturated heterocycles. The summed E-state index contributed by atoms with van der Waals surface area (Å²) in [4.78, 5) is 23.2. The van der Waals surface area contributed by atoms with Gasteiger partial charge in [0, 0.05) is 18.6 Å². The molecule has 2 aliphatic rings. The first kappa shape index (κ1) is 38.1. The van der Waals surface area contributed by atoms with Crippen LogP contribution in [-0.4, -0.2) is 71.2 Å².